The summed E-state index contributed by atoms with van der Waals surface area (Å²) < 4.78 is 0. The normalized spacial score (nSPS) is 10.2. The van der Waals surface area contributed by atoms with E-state index < -0.39 is 4.92 Å². The minimum absolute atomic E-state index is 0.00283. The van der Waals surface area contributed by atoms with Gasteiger partial charge >= 0.3 is 0 Å². The molecule has 0 saturated carbocycles. The van der Waals surface area contributed by atoms with Crippen LogP contribution in [0.15, 0.2) is 52.9 Å². The van der Waals surface area contributed by atoms with Crippen molar-refractivity contribution in [2.24, 2.45) is 0 Å². The number of carbonyl (C=O) groups is 1. The zero-order valence-corrected chi connectivity index (χ0v) is 14.0. The fourth-order valence-electron chi connectivity index (χ4n) is 1.92. The predicted octanol–water partition coefficient (Wildman–Crippen LogP) is 1.82. The Morgan fingerprint density at radius 3 is 2.76 bits per heavy atom. The zero-order chi connectivity index (χ0) is 18.2. The van der Waals surface area contributed by atoms with Crippen LogP contribution in [0.3, 0.4) is 0 Å². The number of benzene rings is 1. The van der Waals surface area contributed by atoms with Crippen molar-refractivity contribution in [3.63, 3.8) is 0 Å². The zero-order valence-electron chi connectivity index (χ0n) is 13.2. The van der Waals surface area contributed by atoms with Gasteiger partial charge in [-0.25, -0.2) is 4.98 Å². The standard InChI is InChI=1S/C16H16N4O4S/c1-2-7-17-14(21)8-12-9-15(22)19-16(18-12)25-10-11-3-5-13(6-4-11)20(23)24/h2-6,9H,1,7-8,10H2,(H,17,21)(H,18,19,22). The second kappa shape index (κ2) is 8.78. The third-order valence-corrected chi connectivity index (χ3v) is 4.03. The van der Waals surface area contributed by atoms with Crippen LogP contribution in [0.1, 0.15) is 11.3 Å². The van der Waals surface area contributed by atoms with Gasteiger partial charge in [0.25, 0.3) is 11.2 Å². The molecule has 1 heterocycles. The van der Waals surface area contributed by atoms with Crippen LogP contribution in [-0.4, -0.2) is 27.3 Å². The Hall–Kier alpha value is -2.94. The smallest absolute Gasteiger partial charge is 0.269 e. The number of nitro benzene ring substituents is 1. The number of rotatable bonds is 8. The Labute approximate surface area is 147 Å². The SMILES string of the molecule is C=CCNC(=O)Cc1cc(=O)[nH]c(SCc2ccc([N+](=O)[O-])cc2)n1. The van der Waals surface area contributed by atoms with Gasteiger partial charge in [-0.15, -0.1) is 6.58 Å². The molecule has 0 unspecified atom stereocenters. The molecular weight excluding hydrogens is 344 g/mol. The van der Waals surface area contributed by atoms with E-state index in [1.807, 2.05) is 0 Å². The van der Waals surface area contributed by atoms with Crippen molar-refractivity contribution in [3.8, 4) is 0 Å². The first-order valence-corrected chi connectivity index (χ1v) is 8.30. The summed E-state index contributed by atoms with van der Waals surface area (Å²) in [7, 11) is 0. The summed E-state index contributed by atoms with van der Waals surface area (Å²) in [6.45, 7) is 3.86. The van der Waals surface area contributed by atoms with Crippen molar-refractivity contribution in [3.05, 3.63) is 74.7 Å². The van der Waals surface area contributed by atoms with Crippen LogP contribution in [-0.2, 0) is 17.0 Å². The van der Waals surface area contributed by atoms with Crippen molar-refractivity contribution in [1.29, 1.82) is 0 Å². The van der Waals surface area contributed by atoms with Gasteiger partial charge in [0.15, 0.2) is 5.16 Å². The van der Waals surface area contributed by atoms with Gasteiger partial charge in [0, 0.05) is 30.5 Å². The van der Waals surface area contributed by atoms with Crippen molar-refractivity contribution in [2.75, 3.05) is 6.54 Å². The molecule has 1 aromatic heterocycles. The average Bonchev–Trinajstić information content (AvgIpc) is 2.58. The van der Waals surface area contributed by atoms with E-state index in [2.05, 4.69) is 21.9 Å². The van der Waals surface area contributed by atoms with E-state index in [0.717, 1.165) is 5.56 Å². The Kier molecular flexibility index (Phi) is 6.47. The maximum Gasteiger partial charge on any atom is 0.269 e. The second-order valence-corrected chi connectivity index (χ2v) is 5.99. The molecule has 0 atom stereocenters. The quantitative estimate of drug-likeness (QED) is 0.244. The molecule has 0 radical (unpaired) electrons. The molecule has 0 spiro atoms. The fraction of sp³-hybridized carbons (Fsp3) is 0.188. The van der Waals surface area contributed by atoms with Crippen LogP contribution in [0.2, 0.25) is 0 Å². The average molecular weight is 360 g/mol. The van der Waals surface area contributed by atoms with Gasteiger partial charge < -0.3 is 10.3 Å². The first-order valence-electron chi connectivity index (χ1n) is 7.32. The van der Waals surface area contributed by atoms with Gasteiger partial charge in [0.2, 0.25) is 5.91 Å². The number of nitrogens with zero attached hydrogens (tertiary/aromatic N) is 2. The van der Waals surface area contributed by atoms with Crippen LogP contribution in [0, 0.1) is 10.1 Å². The monoisotopic (exact) mass is 360 g/mol. The highest BCUT2D eigenvalue weighted by atomic mass is 32.2. The number of thioether (sulfide) groups is 1. The number of carbonyl (C=O) groups excluding carboxylic acids is 1. The van der Waals surface area contributed by atoms with Crippen LogP contribution in [0.4, 0.5) is 5.69 Å². The molecule has 0 saturated heterocycles. The van der Waals surface area contributed by atoms with Crippen LogP contribution < -0.4 is 10.9 Å². The lowest BCUT2D eigenvalue weighted by Gasteiger charge is -2.05. The maximum absolute atomic E-state index is 11.7. The topological polar surface area (TPSA) is 118 Å². The van der Waals surface area contributed by atoms with E-state index in [4.69, 9.17) is 0 Å². The van der Waals surface area contributed by atoms with E-state index in [1.54, 1.807) is 18.2 Å². The van der Waals surface area contributed by atoms with E-state index in [0.29, 0.717) is 23.1 Å². The van der Waals surface area contributed by atoms with Crippen molar-refractivity contribution < 1.29 is 9.72 Å². The molecule has 8 nitrogen and oxygen atoms in total. The first kappa shape index (κ1) is 18.4. The lowest BCUT2D eigenvalue weighted by atomic mass is 10.2. The Morgan fingerprint density at radius 1 is 1.40 bits per heavy atom. The van der Waals surface area contributed by atoms with Gasteiger partial charge in [-0.2, -0.15) is 0 Å². The molecule has 0 fully saturated rings. The number of amides is 1. The number of nitrogens with one attached hydrogen (secondary N) is 2. The summed E-state index contributed by atoms with van der Waals surface area (Å²) in [4.78, 5) is 40.4. The van der Waals surface area contributed by atoms with E-state index in [-0.39, 0.29) is 23.6 Å². The Bertz CT molecular complexity index is 833. The number of hydrogen-bond acceptors (Lipinski definition) is 6. The van der Waals surface area contributed by atoms with E-state index in [9.17, 15) is 19.7 Å². The summed E-state index contributed by atoms with van der Waals surface area (Å²) in [6.07, 6.45) is 1.57. The van der Waals surface area contributed by atoms with E-state index in [1.165, 1.54) is 30.0 Å². The summed E-state index contributed by atoms with van der Waals surface area (Å²) in [6, 6.07) is 7.42. The van der Waals surface area contributed by atoms with Crippen LogP contribution in [0.25, 0.3) is 0 Å². The summed E-state index contributed by atoms with van der Waals surface area (Å²) in [5, 5.41) is 13.6. The number of aromatic amines is 1. The molecule has 0 aliphatic carbocycles. The van der Waals surface area contributed by atoms with E-state index >= 15 is 0 Å². The van der Waals surface area contributed by atoms with Gasteiger partial charge in [-0.1, -0.05) is 30.0 Å². The second-order valence-electron chi connectivity index (χ2n) is 5.02. The molecule has 2 N–H and O–H groups in total. The molecule has 0 aliphatic heterocycles. The Morgan fingerprint density at radius 2 is 2.12 bits per heavy atom. The Balaban J connectivity index is 2.01. The number of non-ortho nitro benzene ring substituents is 1. The number of aromatic nitrogens is 2. The minimum Gasteiger partial charge on any atom is -0.352 e. The van der Waals surface area contributed by atoms with Gasteiger partial charge in [-0.3, -0.25) is 19.7 Å². The third kappa shape index (κ3) is 5.88. The summed E-state index contributed by atoms with van der Waals surface area (Å²) in [5.41, 5.74) is 0.907. The third-order valence-electron chi connectivity index (χ3n) is 3.08. The van der Waals surface area contributed by atoms with Gasteiger partial charge in [-0.05, 0) is 5.56 Å². The van der Waals surface area contributed by atoms with Crippen LogP contribution >= 0.6 is 11.8 Å². The highest BCUT2D eigenvalue weighted by Gasteiger charge is 2.08. The molecule has 2 rings (SSSR count). The molecule has 9 heteroatoms. The molecule has 25 heavy (non-hydrogen) atoms. The summed E-state index contributed by atoms with van der Waals surface area (Å²) >= 11 is 1.28. The maximum atomic E-state index is 11.7. The van der Waals surface area contributed by atoms with Gasteiger partial charge in [0.1, 0.15) is 0 Å². The lowest BCUT2D eigenvalue weighted by molar-refractivity contribution is -0.384. The number of H-pyrrole nitrogens is 1. The predicted molar refractivity (Wildman–Crippen MR) is 94.4 cm³/mol. The number of hydrogen-bond donors (Lipinski definition) is 2. The molecule has 130 valence electrons. The molecule has 1 amide bonds. The minimum atomic E-state index is -0.461. The van der Waals surface area contributed by atoms with Crippen LogP contribution in [0.5, 0.6) is 0 Å². The van der Waals surface area contributed by atoms with Crippen molar-refractivity contribution >= 4 is 23.4 Å². The first-order chi connectivity index (χ1) is 12.0. The molecule has 0 aliphatic rings. The molecule has 1 aromatic carbocycles. The lowest BCUT2D eigenvalue weighted by Crippen LogP contribution is -2.26. The highest BCUT2D eigenvalue weighted by Crippen LogP contribution is 2.20. The largest absolute Gasteiger partial charge is 0.352 e. The molecular formula is C16H16N4O4S. The number of nitro groups is 1. The molecule has 0 bridgehead atoms. The fourth-order valence-corrected chi connectivity index (χ4v) is 2.77. The highest BCUT2D eigenvalue weighted by molar-refractivity contribution is 7.98. The summed E-state index contributed by atoms with van der Waals surface area (Å²) in [5.74, 6) is 0.233. The van der Waals surface area contributed by atoms with Gasteiger partial charge in [0.05, 0.1) is 17.0 Å². The van der Waals surface area contributed by atoms with Crippen molar-refractivity contribution in [2.45, 2.75) is 17.3 Å². The molecule has 2 aromatic rings. The van der Waals surface area contributed by atoms with Crippen molar-refractivity contribution in [1.82, 2.24) is 15.3 Å².